The maximum Gasteiger partial charge on any atom is 0.220 e. The van der Waals surface area contributed by atoms with Gasteiger partial charge in [0.1, 0.15) is 0 Å². The van der Waals surface area contributed by atoms with Gasteiger partial charge < -0.3 is 5.32 Å². The van der Waals surface area contributed by atoms with Crippen LogP contribution in [0.3, 0.4) is 0 Å². The third kappa shape index (κ3) is 4.39. The number of fused-ring (bicyclic) bond motifs is 1. The Balaban J connectivity index is 1.42. The standard InChI is InChI=1S/C17H20N4OS/c1-13(12-21-11-5-10-18-21)19-16(22)8-4-9-17-20-14-6-2-3-7-15(14)23-17/h2-3,5-7,10-11,13H,4,8-9,12H2,1H3,(H,19,22). The van der Waals surface area contributed by atoms with E-state index in [1.807, 2.05) is 42.1 Å². The molecule has 1 atom stereocenters. The van der Waals surface area contributed by atoms with E-state index < -0.39 is 0 Å². The Morgan fingerprint density at radius 3 is 3.00 bits per heavy atom. The highest BCUT2D eigenvalue weighted by molar-refractivity contribution is 7.18. The number of carbonyl (C=O) groups excluding carboxylic acids is 1. The summed E-state index contributed by atoms with van der Waals surface area (Å²) in [5, 5.41) is 8.26. The molecule has 0 fully saturated rings. The molecule has 120 valence electrons. The Morgan fingerprint density at radius 2 is 2.22 bits per heavy atom. The average molecular weight is 328 g/mol. The van der Waals surface area contributed by atoms with Crippen LogP contribution in [0, 0.1) is 0 Å². The molecule has 0 aliphatic rings. The van der Waals surface area contributed by atoms with Crippen LogP contribution >= 0.6 is 11.3 Å². The molecule has 1 aromatic carbocycles. The van der Waals surface area contributed by atoms with Crippen molar-refractivity contribution in [2.24, 2.45) is 0 Å². The minimum Gasteiger partial charge on any atom is -0.352 e. The smallest absolute Gasteiger partial charge is 0.220 e. The van der Waals surface area contributed by atoms with Crippen LogP contribution < -0.4 is 5.32 Å². The lowest BCUT2D eigenvalue weighted by molar-refractivity contribution is -0.121. The molecule has 0 aliphatic heterocycles. The number of hydrogen-bond donors (Lipinski definition) is 1. The van der Waals surface area contributed by atoms with Crippen LogP contribution in [0.5, 0.6) is 0 Å². The van der Waals surface area contributed by atoms with Crippen LogP contribution in [0.15, 0.2) is 42.7 Å². The van der Waals surface area contributed by atoms with Crippen molar-refractivity contribution >= 4 is 27.5 Å². The van der Waals surface area contributed by atoms with E-state index in [0.717, 1.165) is 23.4 Å². The first-order valence-corrected chi connectivity index (χ1v) is 8.63. The van der Waals surface area contributed by atoms with Crippen LogP contribution in [0.25, 0.3) is 10.2 Å². The van der Waals surface area contributed by atoms with Crippen LogP contribution in [-0.4, -0.2) is 26.7 Å². The zero-order valence-corrected chi connectivity index (χ0v) is 13.9. The first-order chi connectivity index (χ1) is 11.2. The predicted molar refractivity (Wildman–Crippen MR) is 92.4 cm³/mol. The number of rotatable bonds is 7. The topological polar surface area (TPSA) is 59.8 Å². The fourth-order valence-electron chi connectivity index (χ4n) is 2.51. The highest BCUT2D eigenvalue weighted by Gasteiger charge is 2.09. The Hall–Kier alpha value is -2.21. The lowest BCUT2D eigenvalue weighted by Crippen LogP contribution is -2.35. The molecule has 1 amide bonds. The molecule has 1 N–H and O–H groups in total. The second-order valence-corrected chi connectivity index (χ2v) is 6.74. The maximum absolute atomic E-state index is 12.0. The summed E-state index contributed by atoms with van der Waals surface area (Å²) in [4.78, 5) is 16.6. The van der Waals surface area contributed by atoms with E-state index in [1.54, 1.807) is 17.5 Å². The fraction of sp³-hybridized carbons (Fsp3) is 0.353. The van der Waals surface area contributed by atoms with E-state index >= 15 is 0 Å². The van der Waals surface area contributed by atoms with Gasteiger partial charge in [-0.15, -0.1) is 11.3 Å². The number of hydrogen-bond acceptors (Lipinski definition) is 4. The maximum atomic E-state index is 12.0. The largest absolute Gasteiger partial charge is 0.352 e. The first-order valence-electron chi connectivity index (χ1n) is 7.82. The van der Waals surface area contributed by atoms with Crippen LogP contribution in [0.4, 0.5) is 0 Å². The minimum absolute atomic E-state index is 0.0739. The van der Waals surface area contributed by atoms with Crippen molar-refractivity contribution < 1.29 is 4.79 Å². The molecule has 0 saturated heterocycles. The van der Waals surface area contributed by atoms with Gasteiger partial charge in [-0.1, -0.05) is 12.1 Å². The summed E-state index contributed by atoms with van der Waals surface area (Å²) in [5.74, 6) is 0.0887. The van der Waals surface area contributed by atoms with Gasteiger partial charge in [0.2, 0.25) is 5.91 Å². The Kier molecular flexibility index (Phi) is 5.02. The normalized spacial score (nSPS) is 12.4. The van der Waals surface area contributed by atoms with E-state index in [0.29, 0.717) is 13.0 Å². The SMILES string of the molecule is CC(Cn1cccn1)NC(=O)CCCc1nc2ccccc2s1. The molecule has 23 heavy (non-hydrogen) atoms. The highest BCUT2D eigenvalue weighted by atomic mass is 32.1. The quantitative estimate of drug-likeness (QED) is 0.725. The average Bonchev–Trinajstić information content (AvgIpc) is 3.15. The predicted octanol–water partition coefficient (Wildman–Crippen LogP) is 3.02. The summed E-state index contributed by atoms with van der Waals surface area (Å²) in [5.41, 5.74) is 1.05. The molecule has 1 unspecified atom stereocenters. The number of para-hydroxylation sites is 1. The number of carbonyl (C=O) groups is 1. The molecular weight excluding hydrogens is 308 g/mol. The van der Waals surface area contributed by atoms with Crippen LogP contribution in [0.2, 0.25) is 0 Å². The van der Waals surface area contributed by atoms with E-state index in [1.165, 1.54) is 4.70 Å². The van der Waals surface area contributed by atoms with Gasteiger partial charge in [-0.3, -0.25) is 9.48 Å². The zero-order valence-electron chi connectivity index (χ0n) is 13.1. The third-order valence-electron chi connectivity index (χ3n) is 3.56. The molecule has 3 aromatic rings. The van der Waals surface area contributed by atoms with Crippen LogP contribution in [-0.2, 0) is 17.8 Å². The summed E-state index contributed by atoms with van der Waals surface area (Å²) in [6.07, 6.45) is 5.84. The number of amides is 1. The van der Waals surface area contributed by atoms with Gasteiger partial charge in [0.15, 0.2) is 0 Å². The number of nitrogens with zero attached hydrogens (tertiary/aromatic N) is 3. The van der Waals surface area contributed by atoms with Gasteiger partial charge in [-0.2, -0.15) is 5.10 Å². The molecule has 0 saturated carbocycles. The lowest BCUT2D eigenvalue weighted by atomic mass is 10.2. The molecule has 2 heterocycles. The monoisotopic (exact) mass is 328 g/mol. The van der Waals surface area contributed by atoms with Gasteiger partial charge in [0, 0.05) is 24.9 Å². The molecular formula is C17H20N4OS. The Morgan fingerprint density at radius 1 is 1.35 bits per heavy atom. The number of aryl methyl sites for hydroxylation is 1. The molecule has 0 aliphatic carbocycles. The Labute approximate surface area is 139 Å². The van der Waals surface area contributed by atoms with Gasteiger partial charge >= 0.3 is 0 Å². The second-order valence-electron chi connectivity index (χ2n) is 5.63. The number of thiazole rings is 1. The highest BCUT2D eigenvalue weighted by Crippen LogP contribution is 2.22. The number of nitrogens with one attached hydrogen (secondary N) is 1. The molecule has 2 aromatic heterocycles. The first kappa shape index (κ1) is 15.7. The summed E-state index contributed by atoms with van der Waals surface area (Å²) in [7, 11) is 0. The van der Waals surface area contributed by atoms with Gasteiger partial charge in [0.25, 0.3) is 0 Å². The van der Waals surface area contributed by atoms with Gasteiger partial charge in [0.05, 0.1) is 21.8 Å². The third-order valence-corrected chi connectivity index (χ3v) is 4.66. The van der Waals surface area contributed by atoms with E-state index in [2.05, 4.69) is 21.5 Å². The summed E-state index contributed by atoms with van der Waals surface area (Å²) in [6.45, 7) is 2.68. The van der Waals surface area contributed by atoms with Crippen molar-refractivity contribution in [2.75, 3.05) is 0 Å². The second kappa shape index (κ2) is 7.37. The molecule has 0 radical (unpaired) electrons. The van der Waals surface area contributed by atoms with Crippen molar-refractivity contribution in [2.45, 2.75) is 38.8 Å². The van der Waals surface area contributed by atoms with Crippen molar-refractivity contribution in [3.63, 3.8) is 0 Å². The zero-order chi connectivity index (χ0) is 16.1. The number of benzene rings is 1. The van der Waals surface area contributed by atoms with Crippen molar-refractivity contribution in [3.05, 3.63) is 47.7 Å². The Bertz CT molecular complexity index is 733. The van der Waals surface area contributed by atoms with Crippen molar-refractivity contribution in [1.29, 1.82) is 0 Å². The van der Waals surface area contributed by atoms with E-state index in [-0.39, 0.29) is 11.9 Å². The van der Waals surface area contributed by atoms with Gasteiger partial charge in [-0.05, 0) is 38.0 Å². The summed E-state index contributed by atoms with van der Waals surface area (Å²) < 4.78 is 3.03. The summed E-state index contributed by atoms with van der Waals surface area (Å²) >= 11 is 1.71. The fourth-order valence-corrected chi connectivity index (χ4v) is 3.52. The lowest BCUT2D eigenvalue weighted by Gasteiger charge is -2.13. The van der Waals surface area contributed by atoms with Crippen LogP contribution in [0.1, 0.15) is 24.8 Å². The molecule has 0 bridgehead atoms. The summed E-state index contributed by atoms with van der Waals surface area (Å²) in [6, 6.07) is 10.1. The molecule has 5 nitrogen and oxygen atoms in total. The number of aromatic nitrogens is 3. The molecule has 0 spiro atoms. The van der Waals surface area contributed by atoms with E-state index in [9.17, 15) is 4.79 Å². The van der Waals surface area contributed by atoms with E-state index in [4.69, 9.17) is 0 Å². The van der Waals surface area contributed by atoms with Crippen molar-refractivity contribution in [1.82, 2.24) is 20.1 Å². The molecule has 6 heteroatoms. The molecule has 3 rings (SSSR count). The van der Waals surface area contributed by atoms with Gasteiger partial charge in [-0.25, -0.2) is 4.98 Å². The minimum atomic E-state index is 0.0739. The van der Waals surface area contributed by atoms with Crippen molar-refractivity contribution in [3.8, 4) is 0 Å².